The van der Waals surface area contributed by atoms with Gasteiger partial charge in [0.15, 0.2) is 5.82 Å². The van der Waals surface area contributed by atoms with Gasteiger partial charge in [-0.05, 0) is 26.3 Å². The van der Waals surface area contributed by atoms with Crippen LogP contribution in [0.2, 0.25) is 0 Å². The molecule has 98 valence electrons. The molecule has 0 bridgehead atoms. The van der Waals surface area contributed by atoms with Crippen molar-refractivity contribution in [2.24, 2.45) is 0 Å². The molecule has 1 aliphatic heterocycles. The number of hydrogen-bond donors (Lipinski definition) is 1. The molecule has 1 aliphatic rings. The fourth-order valence-corrected chi connectivity index (χ4v) is 2.03. The summed E-state index contributed by atoms with van der Waals surface area (Å²) in [7, 11) is 0. The largest absolute Gasteiger partial charge is 0.376 e. The molecule has 0 aromatic heterocycles. The Balaban J connectivity index is 2.22. The normalized spacial score (nSPS) is 27.2. The molecule has 1 N–H and O–H groups in total. The maximum absolute atomic E-state index is 13.8. The van der Waals surface area contributed by atoms with Crippen LogP contribution in [0.5, 0.6) is 0 Å². The minimum Gasteiger partial charge on any atom is -0.376 e. The van der Waals surface area contributed by atoms with Crippen LogP contribution in [0, 0.1) is 15.9 Å². The van der Waals surface area contributed by atoms with Crippen LogP contribution >= 0.6 is 0 Å². The number of benzene rings is 1. The van der Waals surface area contributed by atoms with Crippen LogP contribution in [0.15, 0.2) is 18.2 Å². The molecule has 1 saturated heterocycles. The highest BCUT2D eigenvalue weighted by molar-refractivity contribution is 5.52. The van der Waals surface area contributed by atoms with Gasteiger partial charge in [0.25, 0.3) is 5.69 Å². The number of halogens is 1. The van der Waals surface area contributed by atoms with Crippen LogP contribution in [-0.4, -0.2) is 23.2 Å². The third-order valence-electron chi connectivity index (χ3n) is 3.47. The lowest BCUT2D eigenvalue weighted by Gasteiger charge is -2.30. The van der Waals surface area contributed by atoms with Crippen LogP contribution in [0.3, 0.4) is 0 Å². The van der Waals surface area contributed by atoms with Crippen molar-refractivity contribution in [3.63, 3.8) is 0 Å². The summed E-state index contributed by atoms with van der Waals surface area (Å²) in [4.78, 5) is 9.91. The molecule has 2 atom stereocenters. The van der Waals surface area contributed by atoms with Gasteiger partial charge in [-0.1, -0.05) is 0 Å². The molecule has 0 radical (unpaired) electrons. The Kier molecular flexibility index (Phi) is 3.21. The lowest BCUT2D eigenvalue weighted by molar-refractivity contribution is -0.385. The van der Waals surface area contributed by atoms with Crippen molar-refractivity contribution in [2.45, 2.75) is 31.9 Å². The zero-order valence-electron chi connectivity index (χ0n) is 10.3. The molecule has 0 aliphatic carbocycles. The summed E-state index contributed by atoms with van der Waals surface area (Å²) < 4.78 is 19.2. The number of nitrogens with one attached hydrogen (secondary N) is 1. The predicted molar refractivity (Wildman–Crippen MR) is 65.1 cm³/mol. The average Bonchev–Trinajstić information content (AvgIpc) is 2.62. The van der Waals surface area contributed by atoms with Crippen molar-refractivity contribution in [2.75, 3.05) is 11.9 Å². The summed E-state index contributed by atoms with van der Waals surface area (Å²) in [6.07, 6.45) is 0.733. The topological polar surface area (TPSA) is 64.4 Å². The smallest absolute Gasteiger partial charge is 0.272 e. The molecule has 1 aromatic carbocycles. The van der Waals surface area contributed by atoms with E-state index in [-0.39, 0.29) is 23.0 Å². The number of anilines is 1. The Morgan fingerprint density at radius 3 is 2.83 bits per heavy atom. The van der Waals surface area contributed by atoms with Gasteiger partial charge < -0.3 is 10.1 Å². The summed E-state index contributed by atoms with van der Waals surface area (Å²) in [5.41, 5.74) is -0.337. The highest BCUT2D eigenvalue weighted by Gasteiger charge is 2.37. The van der Waals surface area contributed by atoms with Gasteiger partial charge >= 0.3 is 0 Å². The molecular formula is C12H15FN2O3. The monoisotopic (exact) mass is 254 g/mol. The van der Waals surface area contributed by atoms with Gasteiger partial charge in [0.1, 0.15) is 0 Å². The first kappa shape index (κ1) is 12.8. The predicted octanol–water partition coefficient (Wildman–Crippen LogP) is 2.71. The molecule has 1 heterocycles. The van der Waals surface area contributed by atoms with Crippen molar-refractivity contribution in [3.8, 4) is 0 Å². The van der Waals surface area contributed by atoms with E-state index in [4.69, 9.17) is 4.74 Å². The van der Waals surface area contributed by atoms with Crippen molar-refractivity contribution in [1.29, 1.82) is 0 Å². The average molecular weight is 254 g/mol. The van der Waals surface area contributed by atoms with Crippen LogP contribution in [0.4, 0.5) is 15.8 Å². The van der Waals surface area contributed by atoms with Crippen LogP contribution in [-0.2, 0) is 4.74 Å². The SMILES string of the molecule is CC1OCCC1(C)Nc1ccc([N+](=O)[O-])cc1F. The molecule has 18 heavy (non-hydrogen) atoms. The highest BCUT2D eigenvalue weighted by Crippen LogP contribution is 2.31. The Bertz CT molecular complexity index is 480. The highest BCUT2D eigenvalue weighted by atomic mass is 19.1. The molecule has 2 unspecified atom stereocenters. The summed E-state index contributed by atoms with van der Waals surface area (Å²) in [6, 6.07) is 3.60. The first-order valence-electron chi connectivity index (χ1n) is 5.76. The number of non-ortho nitro benzene ring substituents is 1. The van der Waals surface area contributed by atoms with Gasteiger partial charge in [-0.25, -0.2) is 4.39 Å². The third-order valence-corrected chi connectivity index (χ3v) is 3.47. The summed E-state index contributed by atoms with van der Waals surface area (Å²) in [5, 5.41) is 13.6. The number of rotatable bonds is 3. The second-order valence-electron chi connectivity index (χ2n) is 4.73. The Morgan fingerprint density at radius 1 is 1.61 bits per heavy atom. The number of nitro benzene ring substituents is 1. The van der Waals surface area contributed by atoms with E-state index in [1.807, 2.05) is 13.8 Å². The van der Waals surface area contributed by atoms with E-state index in [9.17, 15) is 14.5 Å². The van der Waals surface area contributed by atoms with Crippen LogP contribution < -0.4 is 5.32 Å². The molecule has 1 fully saturated rings. The Hall–Kier alpha value is -1.69. The van der Waals surface area contributed by atoms with Gasteiger partial charge in [-0.2, -0.15) is 0 Å². The lowest BCUT2D eigenvalue weighted by atomic mass is 9.94. The van der Waals surface area contributed by atoms with E-state index in [0.717, 1.165) is 12.5 Å². The molecule has 0 spiro atoms. The van der Waals surface area contributed by atoms with Crippen molar-refractivity contribution < 1.29 is 14.1 Å². The van der Waals surface area contributed by atoms with Gasteiger partial charge in [0, 0.05) is 12.7 Å². The van der Waals surface area contributed by atoms with Crippen molar-refractivity contribution in [1.82, 2.24) is 0 Å². The molecular weight excluding hydrogens is 239 g/mol. The van der Waals surface area contributed by atoms with Gasteiger partial charge in [-0.15, -0.1) is 0 Å². The Labute approximate surface area is 104 Å². The van der Waals surface area contributed by atoms with E-state index in [1.165, 1.54) is 12.1 Å². The second kappa shape index (κ2) is 4.53. The maximum atomic E-state index is 13.8. The van der Waals surface area contributed by atoms with Crippen molar-refractivity contribution >= 4 is 11.4 Å². The summed E-state index contributed by atoms with van der Waals surface area (Å²) in [6.45, 7) is 4.49. The molecule has 6 heteroatoms. The zero-order chi connectivity index (χ0) is 13.3. The molecule has 0 amide bonds. The van der Waals surface area contributed by atoms with Crippen LogP contribution in [0.1, 0.15) is 20.3 Å². The van der Waals surface area contributed by atoms with E-state index >= 15 is 0 Å². The van der Waals surface area contributed by atoms with Crippen LogP contribution in [0.25, 0.3) is 0 Å². The first-order chi connectivity index (χ1) is 8.42. The first-order valence-corrected chi connectivity index (χ1v) is 5.76. The van der Waals surface area contributed by atoms with E-state index in [0.29, 0.717) is 6.61 Å². The lowest BCUT2D eigenvalue weighted by Crippen LogP contribution is -2.41. The number of nitrogens with zero attached hydrogens (tertiary/aromatic N) is 1. The third kappa shape index (κ3) is 2.28. The number of ether oxygens (including phenoxy) is 1. The minimum absolute atomic E-state index is 0.0351. The fraction of sp³-hybridized carbons (Fsp3) is 0.500. The van der Waals surface area contributed by atoms with E-state index in [2.05, 4.69) is 5.32 Å². The summed E-state index contributed by atoms with van der Waals surface area (Å²) in [5.74, 6) is -0.621. The van der Waals surface area contributed by atoms with Crippen molar-refractivity contribution in [3.05, 3.63) is 34.1 Å². The molecule has 2 rings (SSSR count). The summed E-state index contributed by atoms with van der Waals surface area (Å²) >= 11 is 0. The van der Waals surface area contributed by atoms with E-state index < -0.39 is 10.7 Å². The Morgan fingerprint density at radius 2 is 2.33 bits per heavy atom. The van der Waals surface area contributed by atoms with E-state index in [1.54, 1.807) is 0 Å². The fourth-order valence-electron chi connectivity index (χ4n) is 2.03. The molecule has 0 saturated carbocycles. The standard InChI is InChI=1S/C12H15FN2O3/c1-8-12(2,5-6-18-8)14-11-4-3-9(15(16)17)7-10(11)13/h3-4,7-8,14H,5-6H2,1-2H3. The molecule has 5 nitrogen and oxygen atoms in total. The zero-order valence-corrected chi connectivity index (χ0v) is 10.3. The maximum Gasteiger partial charge on any atom is 0.272 e. The number of nitro groups is 1. The second-order valence-corrected chi connectivity index (χ2v) is 4.73. The van der Waals surface area contributed by atoms with Gasteiger partial charge in [0.05, 0.1) is 28.3 Å². The number of hydrogen-bond acceptors (Lipinski definition) is 4. The van der Waals surface area contributed by atoms with Gasteiger partial charge in [-0.3, -0.25) is 10.1 Å². The molecule has 1 aromatic rings. The van der Waals surface area contributed by atoms with Gasteiger partial charge in [0.2, 0.25) is 0 Å². The quantitative estimate of drug-likeness (QED) is 0.665. The minimum atomic E-state index is -0.621.